The van der Waals surface area contributed by atoms with Crippen molar-refractivity contribution >= 4 is 40.3 Å². The monoisotopic (exact) mass is 901 g/mol. The van der Waals surface area contributed by atoms with E-state index in [4.69, 9.17) is 31.4 Å². The summed E-state index contributed by atoms with van der Waals surface area (Å²) in [4.78, 5) is 58.1. The molecule has 0 bridgehead atoms. The number of hydrogen-bond acceptors (Lipinski definition) is 16. The Bertz CT molecular complexity index is 1700. The van der Waals surface area contributed by atoms with Crippen molar-refractivity contribution in [2.45, 2.75) is 87.2 Å². The number of fused-ring (bicyclic) bond motifs is 1. The van der Waals surface area contributed by atoms with E-state index in [1.165, 1.54) is 69.8 Å². The topological polar surface area (TPSA) is 332 Å². The summed E-state index contributed by atoms with van der Waals surface area (Å²) in [6.07, 6.45) is -0.351. The molecule has 23 nitrogen and oxygen atoms in total. The molecule has 6 unspecified atom stereocenters. The lowest BCUT2D eigenvalue weighted by atomic mass is 10.2. The second-order valence-corrected chi connectivity index (χ2v) is 16.9. The number of phosphoric ester groups is 1. The van der Waals surface area contributed by atoms with Gasteiger partial charge in [0.05, 0.1) is 89.1 Å². The third-order valence-corrected chi connectivity index (χ3v) is 12.9. The first-order valence-corrected chi connectivity index (χ1v) is 24.0. The molecule has 8 N–H and O–H groups in total. The predicted octanol–water partition coefficient (Wildman–Crippen LogP) is -1.50. The minimum atomic E-state index is -6.09. The zero-order valence-electron chi connectivity index (χ0n) is 35.7. The van der Waals surface area contributed by atoms with Gasteiger partial charge < -0.3 is 64.3 Å². The van der Waals surface area contributed by atoms with Gasteiger partial charge in [-0.3, -0.25) is 13.7 Å². The van der Waals surface area contributed by atoms with Gasteiger partial charge >= 0.3 is 0 Å². The van der Waals surface area contributed by atoms with E-state index in [1.54, 1.807) is 20.9 Å². The molecule has 1 saturated heterocycles. The van der Waals surface area contributed by atoms with Gasteiger partial charge in [0.15, 0.2) is 0 Å². The van der Waals surface area contributed by atoms with Crippen LogP contribution in [-0.2, 0) is 36.3 Å². The number of nitrogens with one attached hydrogen (secondary N) is 3. The summed E-state index contributed by atoms with van der Waals surface area (Å²) in [6, 6.07) is 0. The van der Waals surface area contributed by atoms with Crippen LogP contribution in [0.15, 0.2) is 17.6 Å². The molecule has 0 radical (unpaired) electrons. The predicted molar refractivity (Wildman–Crippen MR) is 216 cm³/mol. The molecule has 0 saturated carbocycles. The molecule has 2 aromatic heterocycles. The van der Waals surface area contributed by atoms with Crippen molar-refractivity contribution < 1.29 is 70.6 Å². The molecule has 59 heavy (non-hydrogen) atoms. The van der Waals surface area contributed by atoms with E-state index in [0.717, 1.165) is 0 Å². The number of nitrogen functional groups attached to an aromatic ring is 1. The standard InChI is InChI=1S/C15H21N8O12P3.3C6H15N/c16-3-1-2-9-5-23(15-13(9)14(17)19-7-20-15)12-4-10(31-8-21-22-18)11(33-12)6-32-37(27,28)35-38(29,30)34-36(24,25)26;3*1-4-7(5-2)6-3/h5,7,10-12H,3-4,6,8,16H2,(H,27,28)(H,29,30)(H2,17,19,20)(H2,24,25,26);3*4-6H2,1-3H3. The van der Waals surface area contributed by atoms with Gasteiger partial charge in [-0.2, -0.15) is 0 Å². The highest BCUT2D eigenvalue weighted by molar-refractivity contribution is 7.65. The number of phosphoric acid groups is 3. The molecular formula is C33H66N11O12P3. The Morgan fingerprint density at radius 3 is 1.85 bits per heavy atom. The van der Waals surface area contributed by atoms with Crippen molar-refractivity contribution in [3.8, 4) is 11.8 Å². The maximum Gasteiger partial charge on any atom is 0.280 e. The molecule has 6 atom stereocenters. The fraction of sp³-hybridized carbons (Fsp3) is 0.758. The van der Waals surface area contributed by atoms with Crippen molar-refractivity contribution in [1.82, 2.24) is 14.5 Å². The Morgan fingerprint density at radius 2 is 1.42 bits per heavy atom. The summed E-state index contributed by atoms with van der Waals surface area (Å²) in [5, 5.41) is 3.63. The fourth-order valence-electron chi connectivity index (χ4n) is 5.62. The third kappa shape index (κ3) is 22.2. The number of rotatable bonds is 20. The first kappa shape index (κ1) is 56.5. The summed E-state index contributed by atoms with van der Waals surface area (Å²) >= 11 is 0. The quantitative estimate of drug-likeness (QED) is 0.0290. The van der Waals surface area contributed by atoms with Gasteiger partial charge in [0.1, 0.15) is 36.9 Å². The number of quaternary nitrogens is 3. The van der Waals surface area contributed by atoms with Crippen LogP contribution in [0.5, 0.6) is 0 Å². The number of aromatic nitrogens is 3. The molecule has 340 valence electrons. The Hall–Kier alpha value is -2.54. The van der Waals surface area contributed by atoms with Gasteiger partial charge in [0.25, 0.3) is 23.5 Å². The largest absolute Gasteiger partial charge is 0.756 e. The van der Waals surface area contributed by atoms with Gasteiger partial charge in [0, 0.05) is 17.5 Å². The van der Waals surface area contributed by atoms with Gasteiger partial charge in [-0.15, -0.1) is 0 Å². The van der Waals surface area contributed by atoms with Crippen LogP contribution in [0.4, 0.5) is 5.82 Å². The van der Waals surface area contributed by atoms with E-state index in [2.05, 4.69) is 107 Å². The van der Waals surface area contributed by atoms with Crippen LogP contribution in [-0.4, -0.2) is 110 Å². The third-order valence-electron chi connectivity index (χ3n) is 9.16. The van der Waals surface area contributed by atoms with Crippen molar-refractivity contribution in [3.05, 3.63) is 28.5 Å². The molecule has 0 amide bonds. The number of anilines is 1. The maximum atomic E-state index is 12.0. The number of azide groups is 1. The minimum Gasteiger partial charge on any atom is -0.756 e. The van der Waals surface area contributed by atoms with Crippen LogP contribution in [0, 0.1) is 11.8 Å². The highest BCUT2D eigenvalue weighted by Crippen LogP contribution is 2.61. The summed E-state index contributed by atoms with van der Waals surface area (Å²) in [7, 11) is -17.8. The molecule has 3 heterocycles. The maximum absolute atomic E-state index is 12.0. The number of hydrogen-bond donors (Lipinski definition) is 6. The first-order chi connectivity index (χ1) is 27.8. The van der Waals surface area contributed by atoms with Crippen LogP contribution in [0.25, 0.3) is 21.5 Å². The van der Waals surface area contributed by atoms with Gasteiger partial charge in [-0.25, -0.2) is 18.6 Å². The van der Waals surface area contributed by atoms with Gasteiger partial charge in [0.2, 0.25) is 0 Å². The summed E-state index contributed by atoms with van der Waals surface area (Å²) in [5.41, 5.74) is 20.6. The Labute approximate surface area is 347 Å². The van der Waals surface area contributed by atoms with E-state index in [0.29, 0.717) is 16.6 Å². The molecule has 2 aromatic rings. The lowest BCUT2D eigenvalue weighted by Gasteiger charge is -2.33. The number of nitrogens with zero attached hydrogens (tertiary/aromatic N) is 6. The van der Waals surface area contributed by atoms with Crippen LogP contribution in [0.2, 0.25) is 0 Å². The van der Waals surface area contributed by atoms with Crippen LogP contribution < -0.4 is 40.8 Å². The van der Waals surface area contributed by atoms with Crippen LogP contribution >= 0.6 is 23.5 Å². The summed E-state index contributed by atoms with van der Waals surface area (Å²) in [5.74, 6) is 5.63. The second kappa shape index (κ2) is 29.7. The van der Waals surface area contributed by atoms with Crippen LogP contribution in [0.3, 0.4) is 0 Å². The Morgan fingerprint density at radius 1 is 0.915 bits per heavy atom. The highest BCUT2D eigenvalue weighted by Gasteiger charge is 2.39. The fourth-order valence-corrected chi connectivity index (χ4v) is 8.52. The summed E-state index contributed by atoms with van der Waals surface area (Å²) < 4.78 is 58.1. The lowest BCUT2D eigenvalue weighted by molar-refractivity contribution is -0.894. The van der Waals surface area contributed by atoms with E-state index in [-0.39, 0.29) is 18.8 Å². The van der Waals surface area contributed by atoms with Crippen molar-refractivity contribution in [1.29, 1.82) is 0 Å². The first-order valence-electron chi connectivity index (χ1n) is 19.6. The SMILES string of the molecule is CC[NH+](CC)CC.CC[NH+](CC)CC.CC[NH+](CC)CC.[N-]=[N+]=NCOC1CC(n2cc(C#CCN)c3c(N)ncnc32)OC1COP(=O)([O-])OP(=O)([O-])OP(=O)([O-])O. The highest BCUT2D eigenvalue weighted by atomic mass is 31.3. The number of nitrogens with two attached hydrogens (primary N) is 2. The molecule has 0 spiro atoms. The van der Waals surface area contributed by atoms with E-state index < -0.39 is 55.2 Å². The van der Waals surface area contributed by atoms with E-state index >= 15 is 0 Å². The smallest absolute Gasteiger partial charge is 0.280 e. The average Bonchev–Trinajstić information content (AvgIpc) is 3.76. The lowest BCUT2D eigenvalue weighted by Crippen LogP contribution is -3.11. The van der Waals surface area contributed by atoms with Crippen molar-refractivity contribution in [2.24, 2.45) is 10.8 Å². The second-order valence-electron chi connectivity index (χ2n) is 12.6. The van der Waals surface area contributed by atoms with Gasteiger partial charge in [-0.05, 0) is 67.8 Å². The van der Waals surface area contributed by atoms with Crippen molar-refractivity contribution in [2.75, 3.05) is 84.5 Å². The molecule has 1 fully saturated rings. The molecular weight excluding hydrogens is 835 g/mol. The van der Waals surface area contributed by atoms with E-state index in [9.17, 15) is 28.4 Å². The zero-order chi connectivity index (χ0) is 45.2. The molecule has 0 aliphatic carbocycles. The Kier molecular flexibility index (Phi) is 28.4. The molecule has 3 rings (SSSR count). The Balaban J connectivity index is 0.00000131. The number of ether oxygens (including phenoxy) is 2. The van der Waals surface area contributed by atoms with Crippen molar-refractivity contribution in [3.63, 3.8) is 0 Å². The molecule has 26 heteroatoms. The molecule has 1 aliphatic heterocycles. The minimum absolute atomic E-state index is 0.0173. The normalized spacial score (nSPS) is 19.1. The van der Waals surface area contributed by atoms with E-state index in [1.807, 2.05) is 0 Å². The zero-order valence-corrected chi connectivity index (χ0v) is 38.4. The average molecular weight is 902 g/mol. The molecule has 0 aromatic carbocycles. The molecule has 1 aliphatic rings. The summed E-state index contributed by atoms with van der Waals surface area (Å²) in [6.45, 7) is 30.1. The van der Waals surface area contributed by atoms with Gasteiger partial charge in [-0.1, -0.05) is 17.0 Å². The van der Waals surface area contributed by atoms with Crippen LogP contribution in [0.1, 0.15) is 80.5 Å².